The van der Waals surface area contributed by atoms with Crippen LogP contribution in [0, 0.1) is 0 Å². The Hall–Kier alpha value is -1.94. The Labute approximate surface area is 161 Å². The van der Waals surface area contributed by atoms with E-state index in [1.807, 2.05) is 0 Å². The van der Waals surface area contributed by atoms with Crippen LogP contribution in [-0.4, -0.2) is 44.4 Å². The van der Waals surface area contributed by atoms with Gasteiger partial charge in [-0.3, -0.25) is 4.90 Å². The van der Waals surface area contributed by atoms with Gasteiger partial charge in [0.1, 0.15) is 5.76 Å². The molecular formula is C23H29NO3. The summed E-state index contributed by atoms with van der Waals surface area (Å²) in [7, 11) is 5.78. The summed E-state index contributed by atoms with van der Waals surface area (Å²) >= 11 is 0. The topological polar surface area (TPSA) is 30.9 Å². The molecule has 5 rings (SSSR count). The molecule has 4 aliphatic rings. The van der Waals surface area contributed by atoms with E-state index in [1.54, 1.807) is 14.2 Å². The molecule has 3 atom stereocenters. The van der Waals surface area contributed by atoms with E-state index in [4.69, 9.17) is 14.2 Å². The second-order valence-corrected chi connectivity index (χ2v) is 8.38. The predicted octanol–water partition coefficient (Wildman–Crippen LogP) is 3.98. The fraction of sp³-hybridized carbons (Fsp3) is 0.565. The van der Waals surface area contributed by atoms with Crippen LogP contribution in [0.1, 0.15) is 43.7 Å². The minimum atomic E-state index is -0.451. The van der Waals surface area contributed by atoms with Crippen molar-refractivity contribution in [2.24, 2.45) is 0 Å². The fourth-order valence-corrected chi connectivity index (χ4v) is 6.17. The highest BCUT2D eigenvalue weighted by molar-refractivity contribution is 5.69. The van der Waals surface area contributed by atoms with Crippen LogP contribution >= 0.6 is 0 Å². The van der Waals surface area contributed by atoms with Crippen LogP contribution in [0.5, 0.6) is 11.5 Å². The average Bonchev–Trinajstić information content (AvgIpc) is 2.99. The highest BCUT2D eigenvalue weighted by atomic mass is 16.6. The molecule has 2 aliphatic heterocycles. The summed E-state index contributed by atoms with van der Waals surface area (Å²) in [6, 6.07) is 4.77. The molecule has 2 aliphatic carbocycles. The summed E-state index contributed by atoms with van der Waals surface area (Å²) in [5.41, 5.74) is 3.71. The van der Waals surface area contributed by atoms with E-state index in [2.05, 4.69) is 43.2 Å². The standard InChI is InChI=1S/C23H29NO3/c1-5-6-11-23-19(26-4)10-8-16-17-14-15-7-9-18(25-3)21(27-23)20(15)22(16,23)12-13-24(17)2/h7-10,17H,5-6,11-14H2,1-4H3. The van der Waals surface area contributed by atoms with Crippen molar-refractivity contribution in [1.82, 2.24) is 4.90 Å². The molecule has 0 radical (unpaired) electrons. The van der Waals surface area contributed by atoms with Gasteiger partial charge in [0.05, 0.1) is 19.6 Å². The number of hydrogen-bond acceptors (Lipinski definition) is 4. The number of nitrogens with zero attached hydrogens (tertiary/aromatic N) is 1. The molecule has 1 saturated heterocycles. The Morgan fingerprint density at radius 3 is 2.81 bits per heavy atom. The van der Waals surface area contributed by atoms with Gasteiger partial charge in [-0.2, -0.15) is 0 Å². The van der Waals surface area contributed by atoms with Gasteiger partial charge in [0.2, 0.25) is 0 Å². The second-order valence-electron chi connectivity index (χ2n) is 8.38. The molecule has 2 bridgehead atoms. The van der Waals surface area contributed by atoms with Crippen molar-refractivity contribution < 1.29 is 14.2 Å². The third-order valence-corrected chi connectivity index (χ3v) is 7.37. The van der Waals surface area contributed by atoms with Crippen molar-refractivity contribution in [3.05, 3.63) is 46.7 Å². The number of rotatable bonds is 5. The van der Waals surface area contributed by atoms with Gasteiger partial charge >= 0.3 is 0 Å². The van der Waals surface area contributed by atoms with Gasteiger partial charge in [0, 0.05) is 11.6 Å². The molecular weight excluding hydrogens is 338 g/mol. The zero-order valence-corrected chi connectivity index (χ0v) is 16.8. The monoisotopic (exact) mass is 367 g/mol. The molecule has 144 valence electrons. The third kappa shape index (κ3) is 1.87. The number of piperidine rings is 1. The normalized spacial score (nSPS) is 33.0. The van der Waals surface area contributed by atoms with E-state index in [-0.39, 0.29) is 5.41 Å². The van der Waals surface area contributed by atoms with Crippen molar-refractivity contribution in [2.75, 3.05) is 27.8 Å². The Balaban J connectivity index is 1.84. The summed E-state index contributed by atoms with van der Waals surface area (Å²) in [6.45, 7) is 3.32. The Morgan fingerprint density at radius 1 is 1.22 bits per heavy atom. The summed E-state index contributed by atoms with van der Waals surface area (Å²) in [5.74, 6) is 2.76. The second kappa shape index (κ2) is 5.78. The molecule has 3 unspecified atom stereocenters. The van der Waals surface area contributed by atoms with Gasteiger partial charge in [-0.1, -0.05) is 25.5 Å². The zero-order valence-electron chi connectivity index (χ0n) is 16.8. The number of methoxy groups -OCH3 is 2. The third-order valence-electron chi connectivity index (χ3n) is 7.37. The number of allylic oxidation sites excluding steroid dienone is 2. The lowest BCUT2D eigenvalue weighted by Gasteiger charge is -2.57. The maximum Gasteiger partial charge on any atom is 0.179 e. The van der Waals surface area contributed by atoms with E-state index in [9.17, 15) is 0 Å². The molecule has 4 nitrogen and oxygen atoms in total. The number of unbranched alkanes of at least 4 members (excludes halogenated alkanes) is 1. The summed E-state index contributed by atoms with van der Waals surface area (Å²) in [5, 5.41) is 0. The van der Waals surface area contributed by atoms with Crippen LogP contribution < -0.4 is 9.47 Å². The van der Waals surface area contributed by atoms with Crippen molar-refractivity contribution in [2.45, 2.75) is 56.1 Å². The van der Waals surface area contributed by atoms with E-state index in [1.165, 1.54) is 16.7 Å². The number of hydrogen-bond donors (Lipinski definition) is 0. The van der Waals surface area contributed by atoms with E-state index >= 15 is 0 Å². The lowest BCUT2D eigenvalue weighted by Crippen LogP contribution is -2.64. The molecule has 0 N–H and O–H groups in total. The quantitative estimate of drug-likeness (QED) is 0.788. The first-order valence-electron chi connectivity index (χ1n) is 10.2. The lowest BCUT2D eigenvalue weighted by molar-refractivity contribution is -0.0209. The predicted molar refractivity (Wildman–Crippen MR) is 105 cm³/mol. The molecule has 1 spiro atoms. The van der Waals surface area contributed by atoms with Crippen molar-refractivity contribution in [1.29, 1.82) is 0 Å². The Bertz CT molecular complexity index is 857. The fourth-order valence-electron chi connectivity index (χ4n) is 6.17. The van der Waals surface area contributed by atoms with Crippen molar-refractivity contribution in [3.63, 3.8) is 0 Å². The van der Waals surface area contributed by atoms with Crippen LogP contribution in [0.25, 0.3) is 0 Å². The molecule has 27 heavy (non-hydrogen) atoms. The van der Waals surface area contributed by atoms with Crippen LogP contribution in [0.2, 0.25) is 0 Å². The minimum Gasteiger partial charge on any atom is -0.497 e. The molecule has 2 heterocycles. The first-order valence-corrected chi connectivity index (χ1v) is 10.2. The SMILES string of the molecule is CCCCC12Oc3c(OC)ccc4c3C13CCN(C)C(C4)C3=CC=C2OC. The number of benzene rings is 1. The molecule has 4 heteroatoms. The van der Waals surface area contributed by atoms with Gasteiger partial charge in [-0.15, -0.1) is 0 Å². The largest absolute Gasteiger partial charge is 0.497 e. The molecule has 0 saturated carbocycles. The van der Waals surface area contributed by atoms with Gasteiger partial charge in [0.25, 0.3) is 0 Å². The van der Waals surface area contributed by atoms with Crippen molar-refractivity contribution in [3.8, 4) is 11.5 Å². The Morgan fingerprint density at radius 2 is 2.07 bits per heavy atom. The van der Waals surface area contributed by atoms with Gasteiger partial charge in [-0.05, 0) is 62.6 Å². The van der Waals surface area contributed by atoms with Crippen LogP contribution in [0.4, 0.5) is 0 Å². The van der Waals surface area contributed by atoms with E-state index in [0.29, 0.717) is 6.04 Å². The average molecular weight is 367 g/mol. The van der Waals surface area contributed by atoms with Crippen LogP contribution in [-0.2, 0) is 16.6 Å². The van der Waals surface area contributed by atoms with E-state index < -0.39 is 5.60 Å². The van der Waals surface area contributed by atoms with Gasteiger partial charge in [0.15, 0.2) is 17.1 Å². The number of likely N-dealkylation sites (N-methyl/N-ethyl adjacent to an activating group) is 1. The molecule has 0 amide bonds. The lowest BCUT2D eigenvalue weighted by atomic mass is 9.51. The molecule has 1 fully saturated rings. The summed E-state index contributed by atoms with van der Waals surface area (Å²) < 4.78 is 18.7. The molecule has 0 aromatic heterocycles. The van der Waals surface area contributed by atoms with Crippen LogP contribution in [0.15, 0.2) is 35.6 Å². The maximum absolute atomic E-state index is 6.95. The number of likely N-dealkylation sites (tertiary alicyclic amines) is 1. The van der Waals surface area contributed by atoms with Gasteiger partial charge < -0.3 is 14.2 Å². The first kappa shape index (κ1) is 17.2. The highest BCUT2D eigenvalue weighted by Crippen LogP contribution is 2.67. The van der Waals surface area contributed by atoms with E-state index in [0.717, 1.165) is 55.9 Å². The van der Waals surface area contributed by atoms with Crippen LogP contribution in [0.3, 0.4) is 0 Å². The smallest absolute Gasteiger partial charge is 0.179 e. The van der Waals surface area contributed by atoms with Gasteiger partial charge in [-0.25, -0.2) is 0 Å². The minimum absolute atomic E-state index is 0.128. The zero-order chi connectivity index (χ0) is 18.8. The summed E-state index contributed by atoms with van der Waals surface area (Å²) in [6.07, 6.45) is 9.81. The Kier molecular flexibility index (Phi) is 3.68. The summed E-state index contributed by atoms with van der Waals surface area (Å²) in [4.78, 5) is 2.51. The molecule has 1 aromatic carbocycles. The first-order chi connectivity index (χ1) is 13.1. The molecule has 1 aromatic rings. The van der Waals surface area contributed by atoms with Crippen molar-refractivity contribution >= 4 is 0 Å². The highest BCUT2D eigenvalue weighted by Gasteiger charge is 2.69. The maximum atomic E-state index is 6.95. The number of ether oxygens (including phenoxy) is 3.